The van der Waals surface area contributed by atoms with Crippen LogP contribution in [0.1, 0.15) is 39.0 Å². The number of nitrogens with zero attached hydrogens (tertiary/aromatic N) is 1. The van der Waals surface area contributed by atoms with Crippen LogP contribution in [0.25, 0.3) is 0 Å². The van der Waals surface area contributed by atoms with E-state index in [1.165, 1.54) is 22.5 Å². The SMILES string of the molecule is CCOc1ccc(NC(=O)CCCOc2ccc(F)cc2F)cc1S(=O)(=O)N1CCCCC1. The fraction of sp³-hybridized carbons (Fsp3) is 0.435. The Kier molecular flexibility index (Phi) is 8.62. The third-order valence-corrected chi connectivity index (χ3v) is 7.08. The van der Waals surface area contributed by atoms with Gasteiger partial charge < -0.3 is 14.8 Å². The van der Waals surface area contributed by atoms with Crippen LogP contribution in [-0.2, 0) is 14.8 Å². The molecule has 0 atom stereocenters. The fourth-order valence-electron chi connectivity index (χ4n) is 3.54. The number of halogens is 2. The minimum atomic E-state index is -3.76. The van der Waals surface area contributed by atoms with E-state index in [0.717, 1.165) is 31.4 Å². The van der Waals surface area contributed by atoms with Crippen LogP contribution in [0.2, 0.25) is 0 Å². The Balaban J connectivity index is 1.61. The average Bonchev–Trinajstić information content (AvgIpc) is 2.79. The van der Waals surface area contributed by atoms with Crippen molar-refractivity contribution in [3.63, 3.8) is 0 Å². The lowest BCUT2D eigenvalue weighted by Gasteiger charge is -2.27. The number of hydrogen-bond donors (Lipinski definition) is 1. The predicted octanol–water partition coefficient (Wildman–Crippen LogP) is 4.34. The first kappa shape index (κ1) is 24.9. The molecular weight excluding hydrogens is 454 g/mol. The van der Waals surface area contributed by atoms with E-state index in [2.05, 4.69) is 5.32 Å². The number of amides is 1. The standard InChI is InChI=1S/C23H28F2N2O5S/c1-2-31-21-11-9-18(16-22(21)33(29,30)27-12-4-3-5-13-27)26-23(28)7-6-14-32-20-10-8-17(24)15-19(20)25/h8-11,15-16H,2-7,12-14H2,1H3,(H,26,28). The highest BCUT2D eigenvalue weighted by atomic mass is 32.2. The number of ether oxygens (including phenoxy) is 2. The molecule has 2 aromatic rings. The fourth-order valence-corrected chi connectivity index (χ4v) is 5.21. The van der Waals surface area contributed by atoms with Crippen LogP contribution in [-0.4, -0.2) is 44.9 Å². The molecular formula is C23H28F2N2O5S. The molecule has 0 saturated carbocycles. The summed E-state index contributed by atoms with van der Waals surface area (Å²) in [5.41, 5.74) is 0.338. The predicted molar refractivity (Wildman–Crippen MR) is 120 cm³/mol. The Morgan fingerprint density at radius 2 is 1.76 bits per heavy atom. The van der Waals surface area contributed by atoms with Crippen molar-refractivity contribution in [3.8, 4) is 11.5 Å². The topological polar surface area (TPSA) is 84.9 Å². The van der Waals surface area contributed by atoms with Crippen LogP contribution in [0.5, 0.6) is 11.5 Å². The Morgan fingerprint density at radius 3 is 2.45 bits per heavy atom. The Bertz CT molecular complexity index is 1070. The van der Waals surface area contributed by atoms with Crippen LogP contribution < -0.4 is 14.8 Å². The van der Waals surface area contributed by atoms with Crippen LogP contribution in [0.15, 0.2) is 41.3 Å². The van der Waals surface area contributed by atoms with Crippen molar-refractivity contribution < 1.29 is 31.5 Å². The second kappa shape index (κ2) is 11.4. The molecule has 7 nitrogen and oxygen atoms in total. The highest BCUT2D eigenvalue weighted by Gasteiger charge is 2.29. The second-order valence-electron chi connectivity index (χ2n) is 7.63. The molecule has 1 heterocycles. The van der Waals surface area contributed by atoms with Crippen LogP contribution in [0.4, 0.5) is 14.5 Å². The zero-order valence-corrected chi connectivity index (χ0v) is 19.3. The lowest BCUT2D eigenvalue weighted by molar-refractivity contribution is -0.116. The molecule has 0 bridgehead atoms. The number of sulfonamides is 1. The third kappa shape index (κ3) is 6.64. The molecule has 0 aromatic heterocycles. The number of rotatable bonds is 10. The first-order chi connectivity index (χ1) is 15.8. The number of piperidine rings is 1. The van der Waals surface area contributed by atoms with Crippen LogP contribution in [0.3, 0.4) is 0 Å². The molecule has 0 unspecified atom stereocenters. The summed E-state index contributed by atoms with van der Waals surface area (Å²) in [6, 6.07) is 7.54. The van der Waals surface area contributed by atoms with E-state index < -0.39 is 21.7 Å². The number of hydrogen-bond acceptors (Lipinski definition) is 5. The van der Waals surface area contributed by atoms with Gasteiger partial charge in [0.15, 0.2) is 11.6 Å². The normalized spacial score (nSPS) is 14.6. The van der Waals surface area contributed by atoms with Gasteiger partial charge in [-0.1, -0.05) is 6.42 Å². The van der Waals surface area contributed by atoms with E-state index in [1.54, 1.807) is 13.0 Å². The maximum Gasteiger partial charge on any atom is 0.246 e. The lowest BCUT2D eigenvalue weighted by Crippen LogP contribution is -2.35. The van der Waals surface area contributed by atoms with Crippen molar-refractivity contribution in [1.29, 1.82) is 0 Å². The van der Waals surface area contributed by atoms with Crippen LogP contribution in [0, 0.1) is 11.6 Å². The van der Waals surface area contributed by atoms with Gasteiger partial charge in [-0.2, -0.15) is 4.31 Å². The molecule has 0 aliphatic carbocycles. The molecule has 3 rings (SSSR count). The molecule has 0 radical (unpaired) electrons. The van der Waals surface area contributed by atoms with Crippen molar-refractivity contribution in [1.82, 2.24) is 4.31 Å². The van der Waals surface area contributed by atoms with Gasteiger partial charge in [0.05, 0.1) is 13.2 Å². The first-order valence-corrected chi connectivity index (χ1v) is 12.4. The zero-order valence-electron chi connectivity index (χ0n) is 18.5. The maximum atomic E-state index is 13.6. The van der Waals surface area contributed by atoms with Gasteiger partial charge in [-0.15, -0.1) is 0 Å². The maximum absolute atomic E-state index is 13.6. The quantitative estimate of drug-likeness (QED) is 0.510. The van der Waals surface area contributed by atoms with E-state index in [4.69, 9.17) is 9.47 Å². The smallest absolute Gasteiger partial charge is 0.246 e. The molecule has 0 spiro atoms. The van der Waals surface area contributed by atoms with Crippen molar-refractivity contribution >= 4 is 21.6 Å². The molecule has 1 amide bonds. The largest absolute Gasteiger partial charge is 0.492 e. The first-order valence-electron chi connectivity index (χ1n) is 11.0. The van der Waals surface area contributed by atoms with Gasteiger partial charge in [-0.05, 0) is 56.5 Å². The summed E-state index contributed by atoms with van der Waals surface area (Å²) < 4.78 is 65.1. The summed E-state index contributed by atoms with van der Waals surface area (Å²) in [7, 11) is -3.76. The minimum Gasteiger partial charge on any atom is -0.492 e. The molecule has 1 saturated heterocycles. The summed E-state index contributed by atoms with van der Waals surface area (Å²) in [6.07, 6.45) is 2.98. The molecule has 2 aromatic carbocycles. The van der Waals surface area contributed by atoms with Gasteiger partial charge in [0.1, 0.15) is 16.5 Å². The summed E-state index contributed by atoms with van der Waals surface area (Å²) in [5.74, 6) is -1.69. The lowest BCUT2D eigenvalue weighted by atomic mass is 10.2. The van der Waals surface area contributed by atoms with Crippen molar-refractivity contribution in [2.24, 2.45) is 0 Å². The van der Waals surface area contributed by atoms with Gasteiger partial charge in [-0.25, -0.2) is 17.2 Å². The summed E-state index contributed by atoms with van der Waals surface area (Å²) >= 11 is 0. The molecule has 180 valence electrons. The van der Waals surface area contributed by atoms with Gasteiger partial charge in [0.2, 0.25) is 15.9 Å². The number of anilines is 1. The average molecular weight is 483 g/mol. The second-order valence-corrected chi connectivity index (χ2v) is 9.54. The minimum absolute atomic E-state index is 0.0270. The van der Waals surface area contributed by atoms with Gasteiger partial charge in [-0.3, -0.25) is 4.79 Å². The van der Waals surface area contributed by atoms with E-state index in [9.17, 15) is 22.0 Å². The zero-order chi connectivity index (χ0) is 23.8. The monoisotopic (exact) mass is 482 g/mol. The molecule has 1 N–H and O–H groups in total. The van der Waals surface area contributed by atoms with Gasteiger partial charge in [0.25, 0.3) is 0 Å². The Hall–Kier alpha value is -2.72. The van der Waals surface area contributed by atoms with Crippen LogP contribution >= 0.6 is 0 Å². The highest BCUT2D eigenvalue weighted by Crippen LogP contribution is 2.31. The van der Waals surface area contributed by atoms with Crippen molar-refractivity contribution in [3.05, 3.63) is 48.0 Å². The highest BCUT2D eigenvalue weighted by molar-refractivity contribution is 7.89. The Morgan fingerprint density at radius 1 is 1.03 bits per heavy atom. The molecule has 10 heteroatoms. The number of benzene rings is 2. The summed E-state index contributed by atoms with van der Waals surface area (Å²) in [5, 5.41) is 2.69. The van der Waals surface area contributed by atoms with E-state index in [0.29, 0.717) is 31.8 Å². The van der Waals surface area contributed by atoms with Crippen molar-refractivity contribution in [2.45, 2.75) is 43.9 Å². The number of nitrogens with one attached hydrogen (secondary N) is 1. The van der Waals surface area contributed by atoms with Crippen molar-refractivity contribution in [2.75, 3.05) is 31.6 Å². The van der Waals surface area contributed by atoms with E-state index >= 15 is 0 Å². The molecule has 1 fully saturated rings. The number of carbonyl (C=O) groups excluding carboxylic acids is 1. The summed E-state index contributed by atoms with van der Waals surface area (Å²) in [4.78, 5) is 12.4. The van der Waals surface area contributed by atoms with Gasteiger partial charge in [0, 0.05) is 31.3 Å². The molecule has 1 aliphatic rings. The number of carbonyl (C=O) groups is 1. The Labute approximate surface area is 192 Å². The third-order valence-electron chi connectivity index (χ3n) is 5.16. The van der Waals surface area contributed by atoms with E-state index in [1.807, 2.05) is 0 Å². The van der Waals surface area contributed by atoms with Gasteiger partial charge >= 0.3 is 0 Å². The summed E-state index contributed by atoms with van der Waals surface area (Å²) in [6.45, 7) is 3.06. The molecule has 1 aliphatic heterocycles. The van der Waals surface area contributed by atoms with E-state index in [-0.39, 0.29) is 35.3 Å². The molecule has 33 heavy (non-hydrogen) atoms.